The van der Waals surface area contributed by atoms with Crippen molar-refractivity contribution in [2.45, 2.75) is 40.7 Å². The van der Waals surface area contributed by atoms with Gasteiger partial charge < -0.3 is 10.3 Å². The Morgan fingerprint density at radius 2 is 1.86 bits per heavy atom. The number of primary amides is 1. The molecule has 2 aromatic heterocycles. The molecule has 0 fully saturated rings. The third-order valence-electron chi connectivity index (χ3n) is 4.24. The van der Waals surface area contributed by atoms with Crippen molar-refractivity contribution in [3.05, 3.63) is 41.3 Å². The van der Waals surface area contributed by atoms with Crippen LogP contribution in [0, 0.1) is 19.8 Å². The van der Waals surface area contributed by atoms with Gasteiger partial charge in [0.15, 0.2) is 0 Å². The summed E-state index contributed by atoms with van der Waals surface area (Å²) in [7, 11) is 0. The fourth-order valence-corrected chi connectivity index (χ4v) is 2.89. The molecular formula is C17H23N3O. The molecule has 2 heterocycles. The fraction of sp³-hybridized carbons (Fsp3) is 0.412. The highest BCUT2D eigenvalue weighted by atomic mass is 16.1. The van der Waals surface area contributed by atoms with Gasteiger partial charge >= 0.3 is 0 Å². The van der Waals surface area contributed by atoms with Crippen molar-refractivity contribution in [2.75, 3.05) is 0 Å². The topological polar surface area (TPSA) is 60.9 Å². The molecule has 0 radical (unpaired) electrons. The average molecular weight is 285 g/mol. The highest BCUT2D eigenvalue weighted by Crippen LogP contribution is 2.34. The molecule has 0 spiro atoms. The van der Waals surface area contributed by atoms with Crippen LogP contribution in [0.4, 0.5) is 0 Å². The second kappa shape index (κ2) is 5.72. The van der Waals surface area contributed by atoms with Crippen LogP contribution in [-0.4, -0.2) is 15.5 Å². The minimum Gasteiger partial charge on any atom is -0.366 e. The number of carbonyl (C=O) groups excluding carboxylic acids is 1. The highest BCUT2D eigenvalue weighted by molar-refractivity contribution is 6.01. The first-order valence-corrected chi connectivity index (χ1v) is 7.28. The van der Waals surface area contributed by atoms with E-state index in [1.54, 1.807) is 6.20 Å². The van der Waals surface area contributed by atoms with Crippen molar-refractivity contribution in [1.29, 1.82) is 0 Å². The van der Waals surface area contributed by atoms with E-state index in [9.17, 15) is 4.79 Å². The maximum atomic E-state index is 12.0. The van der Waals surface area contributed by atoms with Crippen LogP contribution in [0.5, 0.6) is 0 Å². The molecule has 2 rings (SSSR count). The molecule has 1 unspecified atom stereocenters. The third-order valence-corrected chi connectivity index (χ3v) is 4.24. The van der Waals surface area contributed by atoms with Crippen molar-refractivity contribution >= 4 is 5.91 Å². The summed E-state index contributed by atoms with van der Waals surface area (Å²) in [5.41, 5.74) is 9.82. The van der Waals surface area contributed by atoms with Gasteiger partial charge in [0.05, 0.1) is 11.3 Å². The summed E-state index contributed by atoms with van der Waals surface area (Å²) in [6, 6.07) is 5.99. The van der Waals surface area contributed by atoms with Gasteiger partial charge in [0.2, 0.25) is 0 Å². The Morgan fingerprint density at radius 1 is 1.19 bits per heavy atom. The number of nitrogens with zero attached hydrogens (tertiary/aromatic N) is 2. The van der Waals surface area contributed by atoms with Crippen LogP contribution in [0.3, 0.4) is 0 Å². The largest absolute Gasteiger partial charge is 0.366 e. The molecule has 0 aliphatic carbocycles. The molecule has 1 amide bonds. The van der Waals surface area contributed by atoms with E-state index < -0.39 is 5.91 Å². The Hall–Kier alpha value is -2.10. The van der Waals surface area contributed by atoms with Crippen LogP contribution >= 0.6 is 0 Å². The number of pyridine rings is 1. The summed E-state index contributed by atoms with van der Waals surface area (Å²) in [5, 5.41) is 0. The van der Waals surface area contributed by atoms with Crippen molar-refractivity contribution in [3.63, 3.8) is 0 Å². The standard InChI is InChI=1S/C17H23N3O/c1-10(2)11(3)20-12(4)15(14-8-6-7-9-19-14)16(13(20)5)17(18)21/h6-11H,1-5H3,(H2,18,21). The molecule has 0 saturated heterocycles. The molecule has 0 aromatic carbocycles. The van der Waals surface area contributed by atoms with E-state index in [1.807, 2.05) is 32.0 Å². The highest BCUT2D eigenvalue weighted by Gasteiger charge is 2.26. The van der Waals surface area contributed by atoms with Crippen LogP contribution in [0.15, 0.2) is 24.4 Å². The van der Waals surface area contributed by atoms with E-state index in [-0.39, 0.29) is 0 Å². The molecule has 112 valence electrons. The quantitative estimate of drug-likeness (QED) is 0.934. The molecule has 0 aliphatic heterocycles. The van der Waals surface area contributed by atoms with Crippen molar-refractivity contribution in [2.24, 2.45) is 11.7 Å². The zero-order valence-corrected chi connectivity index (χ0v) is 13.3. The second-order valence-electron chi connectivity index (χ2n) is 5.85. The number of hydrogen-bond acceptors (Lipinski definition) is 2. The minimum absolute atomic E-state index is 0.292. The van der Waals surface area contributed by atoms with Crippen molar-refractivity contribution in [3.8, 4) is 11.3 Å². The third kappa shape index (κ3) is 2.58. The van der Waals surface area contributed by atoms with Gasteiger partial charge in [-0.05, 0) is 38.8 Å². The number of aromatic nitrogens is 2. The zero-order chi connectivity index (χ0) is 15.7. The monoisotopic (exact) mass is 285 g/mol. The van der Waals surface area contributed by atoms with Gasteiger partial charge in [0, 0.05) is 29.2 Å². The first-order valence-electron chi connectivity index (χ1n) is 7.28. The Morgan fingerprint density at radius 3 is 2.33 bits per heavy atom. The van der Waals surface area contributed by atoms with Crippen molar-refractivity contribution in [1.82, 2.24) is 9.55 Å². The Bertz CT molecular complexity index is 656. The first kappa shape index (κ1) is 15.3. The maximum absolute atomic E-state index is 12.0. The lowest BCUT2D eigenvalue weighted by molar-refractivity contribution is 0.1000. The van der Waals surface area contributed by atoms with Gasteiger partial charge in [-0.15, -0.1) is 0 Å². The lowest BCUT2D eigenvalue weighted by Crippen LogP contribution is -2.16. The van der Waals surface area contributed by atoms with E-state index in [0.717, 1.165) is 22.6 Å². The number of hydrogen-bond donors (Lipinski definition) is 1. The van der Waals surface area contributed by atoms with Crippen LogP contribution in [-0.2, 0) is 0 Å². The van der Waals surface area contributed by atoms with E-state index in [4.69, 9.17) is 5.73 Å². The van der Waals surface area contributed by atoms with E-state index in [1.165, 1.54) is 0 Å². The number of nitrogens with two attached hydrogens (primary N) is 1. The van der Waals surface area contributed by atoms with Crippen LogP contribution in [0.25, 0.3) is 11.3 Å². The average Bonchev–Trinajstić information content (AvgIpc) is 2.70. The van der Waals surface area contributed by atoms with Crippen LogP contribution < -0.4 is 5.73 Å². The molecule has 2 aromatic rings. The molecular weight excluding hydrogens is 262 g/mol. The summed E-state index contributed by atoms with van der Waals surface area (Å²) in [5.74, 6) is 0.0677. The van der Waals surface area contributed by atoms with Crippen LogP contribution in [0.1, 0.15) is 48.6 Å². The summed E-state index contributed by atoms with van der Waals surface area (Å²) in [4.78, 5) is 16.3. The summed E-state index contributed by atoms with van der Waals surface area (Å²) >= 11 is 0. The maximum Gasteiger partial charge on any atom is 0.251 e. The predicted octanol–water partition coefficient (Wildman–Crippen LogP) is 3.48. The first-order chi connectivity index (χ1) is 9.86. The summed E-state index contributed by atoms with van der Waals surface area (Å²) in [6.45, 7) is 10.5. The van der Waals surface area contributed by atoms with E-state index >= 15 is 0 Å². The number of carbonyl (C=O) groups is 1. The Kier molecular flexibility index (Phi) is 4.16. The minimum atomic E-state index is -0.397. The predicted molar refractivity (Wildman–Crippen MR) is 85.2 cm³/mol. The molecule has 4 heteroatoms. The number of amides is 1. The smallest absolute Gasteiger partial charge is 0.251 e. The van der Waals surface area contributed by atoms with Gasteiger partial charge in [0.1, 0.15) is 0 Å². The SMILES string of the molecule is Cc1c(C(N)=O)c(-c2ccccn2)c(C)n1C(C)C(C)C. The number of rotatable bonds is 4. The fourth-order valence-electron chi connectivity index (χ4n) is 2.89. The molecule has 0 saturated carbocycles. The van der Waals surface area contributed by atoms with Gasteiger partial charge in [-0.1, -0.05) is 19.9 Å². The van der Waals surface area contributed by atoms with Crippen molar-refractivity contribution < 1.29 is 4.79 Å². The van der Waals surface area contributed by atoms with Gasteiger partial charge in [-0.25, -0.2) is 0 Å². The van der Waals surface area contributed by atoms with Gasteiger partial charge in [-0.3, -0.25) is 9.78 Å². The Balaban J connectivity index is 2.76. The molecule has 0 aliphatic rings. The molecule has 0 bridgehead atoms. The lowest BCUT2D eigenvalue weighted by atomic mass is 10.0. The Labute approximate surface area is 126 Å². The second-order valence-corrected chi connectivity index (χ2v) is 5.85. The molecule has 4 nitrogen and oxygen atoms in total. The normalized spacial score (nSPS) is 12.7. The van der Waals surface area contributed by atoms with E-state index in [0.29, 0.717) is 17.5 Å². The molecule has 2 N–H and O–H groups in total. The summed E-state index contributed by atoms with van der Waals surface area (Å²) < 4.78 is 2.20. The van der Waals surface area contributed by atoms with Gasteiger partial charge in [-0.2, -0.15) is 0 Å². The zero-order valence-electron chi connectivity index (χ0n) is 13.3. The van der Waals surface area contributed by atoms with Gasteiger partial charge in [0.25, 0.3) is 5.91 Å². The molecule has 21 heavy (non-hydrogen) atoms. The molecule has 1 atom stereocenters. The summed E-state index contributed by atoms with van der Waals surface area (Å²) in [6.07, 6.45) is 1.73. The van der Waals surface area contributed by atoms with E-state index in [2.05, 4.69) is 30.3 Å². The van der Waals surface area contributed by atoms with Crippen LogP contribution in [0.2, 0.25) is 0 Å². The lowest BCUT2D eigenvalue weighted by Gasteiger charge is -2.22.